The number of ether oxygens (including phenoxy) is 1. The first-order valence-electron chi connectivity index (χ1n) is 7.04. The van der Waals surface area contributed by atoms with E-state index in [-0.39, 0.29) is 16.3 Å². The van der Waals surface area contributed by atoms with Crippen LogP contribution in [0.1, 0.15) is 21.5 Å². The molecule has 0 spiro atoms. The number of carbonyl (C=O) groups excluding carboxylic acids is 2. The number of carbonyl (C=O) groups is 2. The van der Waals surface area contributed by atoms with Crippen molar-refractivity contribution in [2.24, 2.45) is 0 Å². The Balaban J connectivity index is 1.98. The second-order valence-corrected chi connectivity index (χ2v) is 5.41. The molecule has 0 aliphatic rings. The van der Waals surface area contributed by atoms with Gasteiger partial charge in [-0.25, -0.2) is 4.79 Å². The van der Waals surface area contributed by atoms with Crippen molar-refractivity contribution in [1.29, 1.82) is 5.26 Å². The SMILES string of the molecule is N#Cc1ccc(C(=O)OCC(=O)Nc2cc(C(F)(F)F)ccc2Cl)cc1. The molecule has 2 aromatic rings. The average molecular weight is 383 g/mol. The van der Waals surface area contributed by atoms with Crippen molar-refractivity contribution < 1.29 is 27.5 Å². The summed E-state index contributed by atoms with van der Waals surface area (Å²) in [5, 5.41) is 10.7. The summed E-state index contributed by atoms with van der Waals surface area (Å²) in [6, 6.07) is 9.85. The van der Waals surface area contributed by atoms with Gasteiger partial charge in [0.2, 0.25) is 0 Å². The smallest absolute Gasteiger partial charge is 0.416 e. The first kappa shape index (κ1) is 19.3. The van der Waals surface area contributed by atoms with Crippen LogP contribution in [0.5, 0.6) is 0 Å². The summed E-state index contributed by atoms with van der Waals surface area (Å²) in [5.74, 6) is -1.67. The van der Waals surface area contributed by atoms with E-state index in [0.29, 0.717) is 11.6 Å². The summed E-state index contributed by atoms with van der Waals surface area (Å²) in [5.41, 5.74) is -0.764. The lowest BCUT2D eigenvalue weighted by atomic mass is 10.1. The molecular weight excluding hydrogens is 373 g/mol. The number of nitriles is 1. The fraction of sp³-hybridized carbons (Fsp3) is 0.118. The molecular formula is C17H10ClF3N2O3. The lowest BCUT2D eigenvalue weighted by molar-refractivity contribution is -0.137. The Kier molecular flexibility index (Phi) is 5.85. The molecule has 26 heavy (non-hydrogen) atoms. The van der Waals surface area contributed by atoms with Gasteiger partial charge in [0.1, 0.15) is 0 Å². The summed E-state index contributed by atoms with van der Waals surface area (Å²) in [7, 11) is 0. The molecule has 2 rings (SSSR count). The van der Waals surface area contributed by atoms with E-state index in [9.17, 15) is 22.8 Å². The van der Waals surface area contributed by atoms with Crippen LogP contribution < -0.4 is 5.32 Å². The van der Waals surface area contributed by atoms with Crippen LogP contribution in [0.4, 0.5) is 18.9 Å². The van der Waals surface area contributed by atoms with E-state index in [4.69, 9.17) is 21.6 Å². The number of hydrogen-bond acceptors (Lipinski definition) is 4. The van der Waals surface area contributed by atoms with Crippen LogP contribution >= 0.6 is 11.6 Å². The molecule has 1 N–H and O–H groups in total. The molecule has 1 amide bonds. The van der Waals surface area contributed by atoms with E-state index in [1.165, 1.54) is 24.3 Å². The van der Waals surface area contributed by atoms with Gasteiger partial charge in [0.05, 0.1) is 33.5 Å². The molecule has 2 aromatic carbocycles. The van der Waals surface area contributed by atoms with Gasteiger partial charge in [0, 0.05) is 0 Å². The van der Waals surface area contributed by atoms with E-state index < -0.39 is 30.2 Å². The normalized spacial score (nSPS) is 10.7. The van der Waals surface area contributed by atoms with Gasteiger partial charge in [-0.1, -0.05) is 11.6 Å². The molecule has 0 saturated heterocycles. The number of esters is 1. The van der Waals surface area contributed by atoms with E-state index in [2.05, 4.69) is 5.32 Å². The van der Waals surface area contributed by atoms with Gasteiger partial charge in [-0.15, -0.1) is 0 Å². The molecule has 0 bridgehead atoms. The highest BCUT2D eigenvalue weighted by atomic mass is 35.5. The highest BCUT2D eigenvalue weighted by Crippen LogP contribution is 2.33. The predicted octanol–water partition coefficient (Wildman–Crippen LogP) is 4.03. The summed E-state index contributed by atoms with van der Waals surface area (Å²) < 4.78 is 42.8. The zero-order valence-electron chi connectivity index (χ0n) is 12.9. The molecule has 0 heterocycles. The second-order valence-electron chi connectivity index (χ2n) is 5.01. The number of nitrogens with one attached hydrogen (secondary N) is 1. The summed E-state index contributed by atoms with van der Waals surface area (Å²) >= 11 is 5.76. The van der Waals surface area contributed by atoms with Crippen LogP contribution in [-0.4, -0.2) is 18.5 Å². The lowest BCUT2D eigenvalue weighted by Crippen LogP contribution is -2.21. The van der Waals surface area contributed by atoms with Crippen molar-refractivity contribution in [2.75, 3.05) is 11.9 Å². The number of hydrogen-bond donors (Lipinski definition) is 1. The number of anilines is 1. The van der Waals surface area contributed by atoms with Gasteiger partial charge in [-0.05, 0) is 42.5 Å². The number of rotatable bonds is 4. The van der Waals surface area contributed by atoms with E-state index >= 15 is 0 Å². The predicted molar refractivity (Wildman–Crippen MR) is 86.5 cm³/mol. The molecule has 0 atom stereocenters. The maximum atomic E-state index is 12.7. The Hall–Kier alpha value is -3.05. The van der Waals surface area contributed by atoms with Crippen LogP contribution in [0.25, 0.3) is 0 Å². The summed E-state index contributed by atoms with van der Waals surface area (Å²) in [4.78, 5) is 23.6. The van der Waals surface area contributed by atoms with Gasteiger partial charge in [0.15, 0.2) is 6.61 Å². The third-order valence-corrected chi connectivity index (χ3v) is 3.48. The van der Waals surface area contributed by atoms with Crippen molar-refractivity contribution >= 4 is 29.2 Å². The molecule has 134 valence electrons. The highest BCUT2D eigenvalue weighted by molar-refractivity contribution is 6.33. The van der Waals surface area contributed by atoms with Gasteiger partial charge < -0.3 is 10.1 Å². The number of nitrogens with zero attached hydrogens (tertiary/aromatic N) is 1. The maximum Gasteiger partial charge on any atom is 0.416 e. The highest BCUT2D eigenvalue weighted by Gasteiger charge is 2.31. The van der Waals surface area contributed by atoms with Crippen LogP contribution in [0.2, 0.25) is 5.02 Å². The minimum absolute atomic E-state index is 0.0928. The lowest BCUT2D eigenvalue weighted by Gasteiger charge is -2.12. The minimum Gasteiger partial charge on any atom is -0.452 e. The number of halogens is 4. The summed E-state index contributed by atoms with van der Waals surface area (Å²) in [6.07, 6.45) is -4.59. The number of amides is 1. The van der Waals surface area contributed by atoms with E-state index in [1.54, 1.807) is 0 Å². The molecule has 0 aliphatic heterocycles. The molecule has 0 radical (unpaired) electrons. The molecule has 5 nitrogen and oxygen atoms in total. The first-order chi connectivity index (χ1) is 12.2. The van der Waals surface area contributed by atoms with Crippen LogP contribution in [0.3, 0.4) is 0 Å². The Morgan fingerprint density at radius 2 is 1.81 bits per heavy atom. The fourth-order valence-electron chi connectivity index (χ4n) is 1.88. The molecule has 0 fully saturated rings. The Bertz CT molecular complexity index is 874. The second kappa shape index (κ2) is 7.89. The monoisotopic (exact) mass is 382 g/mol. The van der Waals surface area contributed by atoms with Gasteiger partial charge in [-0.3, -0.25) is 4.79 Å². The van der Waals surface area contributed by atoms with Crippen molar-refractivity contribution in [3.63, 3.8) is 0 Å². The van der Waals surface area contributed by atoms with E-state index in [0.717, 1.165) is 12.1 Å². The number of benzene rings is 2. The van der Waals surface area contributed by atoms with Gasteiger partial charge in [0.25, 0.3) is 5.91 Å². The number of alkyl halides is 3. The van der Waals surface area contributed by atoms with Gasteiger partial charge >= 0.3 is 12.1 Å². The van der Waals surface area contributed by atoms with Crippen molar-refractivity contribution in [1.82, 2.24) is 0 Å². The minimum atomic E-state index is -4.59. The van der Waals surface area contributed by atoms with Crippen LogP contribution in [0.15, 0.2) is 42.5 Å². The zero-order valence-corrected chi connectivity index (χ0v) is 13.7. The van der Waals surface area contributed by atoms with Crippen molar-refractivity contribution in [2.45, 2.75) is 6.18 Å². The first-order valence-corrected chi connectivity index (χ1v) is 7.42. The van der Waals surface area contributed by atoms with Crippen molar-refractivity contribution in [3.8, 4) is 6.07 Å². The molecule has 0 aromatic heterocycles. The standard InChI is InChI=1S/C17H10ClF3N2O3/c18-13-6-5-12(17(19,20)21)7-14(13)23-15(24)9-26-16(25)11-3-1-10(8-22)2-4-11/h1-7H,9H2,(H,23,24). The topological polar surface area (TPSA) is 79.2 Å². The Morgan fingerprint density at radius 1 is 1.15 bits per heavy atom. The van der Waals surface area contributed by atoms with Crippen LogP contribution in [-0.2, 0) is 15.7 Å². The average Bonchev–Trinajstić information content (AvgIpc) is 2.60. The zero-order chi connectivity index (χ0) is 19.3. The largest absolute Gasteiger partial charge is 0.452 e. The fourth-order valence-corrected chi connectivity index (χ4v) is 2.04. The van der Waals surface area contributed by atoms with Crippen LogP contribution in [0, 0.1) is 11.3 Å². The Morgan fingerprint density at radius 3 is 2.38 bits per heavy atom. The Labute approximate surface area is 150 Å². The maximum absolute atomic E-state index is 12.7. The van der Waals surface area contributed by atoms with E-state index in [1.807, 2.05) is 6.07 Å². The molecule has 0 saturated carbocycles. The molecule has 9 heteroatoms. The molecule has 0 aliphatic carbocycles. The van der Waals surface area contributed by atoms with Gasteiger partial charge in [-0.2, -0.15) is 18.4 Å². The third-order valence-electron chi connectivity index (χ3n) is 3.15. The summed E-state index contributed by atoms with van der Waals surface area (Å²) in [6.45, 7) is -0.717. The third kappa shape index (κ3) is 4.97. The molecule has 0 unspecified atom stereocenters. The van der Waals surface area contributed by atoms with Crippen molar-refractivity contribution in [3.05, 3.63) is 64.2 Å². The quantitative estimate of drug-likeness (QED) is 0.810.